The summed E-state index contributed by atoms with van der Waals surface area (Å²) in [5, 5.41) is 6.02. The summed E-state index contributed by atoms with van der Waals surface area (Å²) in [6.07, 6.45) is 5.29. The topological polar surface area (TPSA) is 68.3 Å². The number of thiazole rings is 1. The van der Waals surface area contributed by atoms with Crippen LogP contribution in [0.2, 0.25) is 0 Å². The smallest absolute Gasteiger partial charge is 0.339 e. The summed E-state index contributed by atoms with van der Waals surface area (Å²) >= 11 is 1.56. The fourth-order valence-electron chi connectivity index (χ4n) is 3.62. The zero-order valence-corrected chi connectivity index (χ0v) is 14.0. The molecule has 1 fully saturated rings. The number of esters is 1. The Morgan fingerprint density at radius 2 is 2.08 bits per heavy atom. The van der Waals surface area contributed by atoms with Gasteiger partial charge in [0.2, 0.25) is 0 Å². The first kappa shape index (κ1) is 15.3. The van der Waals surface area contributed by atoms with Crippen molar-refractivity contribution in [2.45, 2.75) is 43.7 Å². The minimum absolute atomic E-state index is 0.227. The monoisotopic (exact) mass is 342 g/mol. The molecule has 124 valence electrons. The van der Waals surface area contributed by atoms with Crippen molar-refractivity contribution in [3.63, 3.8) is 0 Å². The van der Waals surface area contributed by atoms with Crippen molar-refractivity contribution < 1.29 is 14.3 Å². The molecule has 2 heterocycles. The minimum atomic E-state index is -0.773. The fraction of sp³-hybridized carbons (Fsp3) is 0.389. The first-order chi connectivity index (χ1) is 11.7. The Hall–Kier alpha value is -2.21. The van der Waals surface area contributed by atoms with Crippen LogP contribution >= 0.6 is 11.3 Å². The van der Waals surface area contributed by atoms with Crippen molar-refractivity contribution in [1.82, 2.24) is 10.3 Å². The first-order valence-electron chi connectivity index (χ1n) is 8.19. The highest BCUT2D eigenvalue weighted by molar-refractivity contribution is 7.09. The number of ether oxygens (including phenoxy) is 1. The van der Waals surface area contributed by atoms with Crippen LogP contribution in [0.25, 0.3) is 0 Å². The second-order valence-electron chi connectivity index (χ2n) is 6.37. The van der Waals surface area contributed by atoms with Gasteiger partial charge in [0.1, 0.15) is 5.01 Å². The van der Waals surface area contributed by atoms with Crippen LogP contribution in [0.4, 0.5) is 0 Å². The Balaban J connectivity index is 1.55. The molecule has 1 N–H and O–H groups in total. The number of carbonyl (C=O) groups is 2. The third-order valence-electron chi connectivity index (χ3n) is 4.85. The summed E-state index contributed by atoms with van der Waals surface area (Å²) in [6, 6.07) is 7.29. The Kier molecular flexibility index (Phi) is 3.84. The Bertz CT molecular complexity index is 766. The van der Waals surface area contributed by atoms with Gasteiger partial charge in [-0.2, -0.15) is 0 Å². The number of hydrogen-bond donors (Lipinski definition) is 1. The molecule has 1 saturated carbocycles. The summed E-state index contributed by atoms with van der Waals surface area (Å²) in [4.78, 5) is 29.3. The standard InChI is InChI=1S/C18H18N2O3S/c21-15(14-11-12-5-1-2-6-13(12)16(22)23-14)20-18(7-3-4-8-18)17-19-9-10-24-17/h1-2,5-6,9-10,14H,3-4,7-8,11H2,(H,20,21). The van der Waals surface area contributed by atoms with Crippen LogP contribution in [0.5, 0.6) is 0 Å². The van der Waals surface area contributed by atoms with E-state index in [0.29, 0.717) is 12.0 Å². The lowest BCUT2D eigenvalue weighted by molar-refractivity contribution is -0.132. The lowest BCUT2D eigenvalue weighted by Gasteiger charge is -2.31. The zero-order valence-electron chi connectivity index (χ0n) is 13.2. The van der Waals surface area contributed by atoms with E-state index in [-0.39, 0.29) is 5.91 Å². The molecule has 0 radical (unpaired) electrons. The van der Waals surface area contributed by atoms with Crippen LogP contribution < -0.4 is 5.32 Å². The third-order valence-corrected chi connectivity index (χ3v) is 5.82. The quantitative estimate of drug-likeness (QED) is 0.871. The predicted octanol–water partition coefficient (Wildman–Crippen LogP) is 2.81. The van der Waals surface area contributed by atoms with E-state index < -0.39 is 17.6 Å². The Labute approximate surface area is 144 Å². The van der Waals surface area contributed by atoms with E-state index in [0.717, 1.165) is 36.3 Å². The molecular weight excluding hydrogens is 324 g/mol. The van der Waals surface area contributed by atoms with Crippen LogP contribution in [0.3, 0.4) is 0 Å². The molecule has 4 rings (SSSR count). The maximum Gasteiger partial charge on any atom is 0.339 e. The van der Waals surface area contributed by atoms with Crippen molar-refractivity contribution in [1.29, 1.82) is 0 Å². The highest BCUT2D eigenvalue weighted by Crippen LogP contribution is 2.40. The van der Waals surface area contributed by atoms with Gasteiger partial charge in [-0.05, 0) is 24.5 Å². The molecule has 1 amide bonds. The molecule has 0 saturated heterocycles. The van der Waals surface area contributed by atoms with E-state index in [1.54, 1.807) is 29.7 Å². The van der Waals surface area contributed by atoms with Crippen LogP contribution in [0.15, 0.2) is 35.8 Å². The van der Waals surface area contributed by atoms with Crippen molar-refractivity contribution in [3.8, 4) is 0 Å². The maximum absolute atomic E-state index is 12.8. The third kappa shape index (κ3) is 2.60. The molecule has 6 heteroatoms. The van der Waals surface area contributed by atoms with Gasteiger partial charge in [-0.1, -0.05) is 31.0 Å². The van der Waals surface area contributed by atoms with Crippen LogP contribution in [0, 0.1) is 0 Å². The van der Waals surface area contributed by atoms with Crippen molar-refractivity contribution >= 4 is 23.2 Å². The predicted molar refractivity (Wildman–Crippen MR) is 89.8 cm³/mol. The molecular formula is C18H18N2O3S. The lowest BCUT2D eigenvalue weighted by Crippen LogP contribution is -2.50. The van der Waals surface area contributed by atoms with Crippen molar-refractivity contribution in [3.05, 3.63) is 52.0 Å². The molecule has 0 spiro atoms. The summed E-state index contributed by atoms with van der Waals surface area (Å²) in [5.74, 6) is -0.651. The number of nitrogens with one attached hydrogen (secondary N) is 1. The normalized spacial score (nSPS) is 21.8. The van der Waals surface area contributed by atoms with Gasteiger partial charge >= 0.3 is 5.97 Å². The molecule has 5 nitrogen and oxygen atoms in total. The highest BCUT2D eigenvalue weighted by Gasteiger charge is 2.42. The van der Waals surface area contributed by atoms with Gasteiger partial charge in [0.05, 0.1) is 11.1 Å². The molecule has 0 bridgehead atoms. The van der Waals surface area contributed by atoms with Gasteiger partial charge in [-0.15, -0.1) is 11.3 Å². The molecule has 1 atom stereocenters. The molecule has 1 aliphatic heterocycles. The number of fused-ring (bicyclic) bond motifs is 1. The van der Waals surface area contributed by atoms with Crippen LogP contribution in [0.1, 0.15) is 46.6 Å². The Morgan fingerprint density at radius 3 is 2.83 bits per heavy atom. The number of rotatable bonds is 3. The summed E-state index contributed by atoms with van der Waals surface area (Å²) in [6.45, 7) is 0. The summed E-state index contributed by atoms with van der Waals surface area (Å²) in [5.41, 5.74) is 1.01. The average molecular weight is 342 g/mol. The molecule has 2 aromatic rings. The minimum Gasteiger partial charge on any atom is -0.448 e. The summed E-state index contributed by atoms with van der Waals surface area (Å²) in [7, 11) is 0. The molecule has 2 aliphatic rings. The van der Waals surface area contributed by atoms with Gasteiger partial charge in [0, 0.05) is 18.0 Å². The van der Waals surface area contributed by atoms with Crippen LogP contribution in [-0.2, 0) is 21.5 Å². The Morgan fingerprint density at radius 1 is 1.29 bits per heavy atom. The number of hydrogen-bond acceptors (Lipinski definition) is 5. The molecule has 24 heavy (non-hydrogen) atoms. The number of benzene rings is 1. The largest absolute Gasteiger partial charge is 0.448 e. The van der Waals surface area contributed by atoms with E-state index >= 15 is 0 Å². The second-order valence-corrected chi connectivity index (χ2v) is 7.27. The summed E-state index contributed by atoms with van der Waals surface area (Å²) < 4.78 is 5.38. The van der Waals surface area contributed by atoms with E-state index in [4.69, 9.17) is 4.74 Å². The van der Waals surface area contributed by atoms with Gasteiger partial charge < -0.3 is 10.1 Å². The van der Waals surface area contributed by atoms with Crippen molar-refractivity contribution in [2.24, 2.45) is 0 Å². The van der Waals surface area contributed by atoms with Gasteiger partial charge in [0.25, 0.3) is 5.91 Å². The molecule has 1 aliphatic carbocycles. The van der Waals surface area contributed by atoms with Crippen molar-refractivity contribution in [2.75, 3.05) is 0 Å². The van der Waals surface area contributed by atoms with Gasteiger partial charge in [-0.3, -0.25) is 4.79 Å². The van der Waals surface area contributed by atoms with Crippen LogP contribution in [-0.4, -0.2) is 23.0 Å². The van der Waals surface area contributed by atoms with E-state index in [9.17, 15) is 9.59 Å². The number of carbonyl (C=O) groups excluding carboxylic acids is 2. The maximum atomic E-state index is 12.8. The SMILES string of the molecule is O=C1OC(C(=O)NC2(c3nccs3)CCCC2)Cc2ccccc21. The number of cyclic esters (lactones) is 1. The number of aromatic nitrogens is 1. The first-order valence-corrected chi connectivity index (χ1v) is 9.07. The molecule has 1 aromatic carbocycles. The number of amides is 1. The number of nitrogens with zero attached hydrogens (tertiary/aromatic N) is 1. The second kappa shape index (κ2) is 6.02. The lowest BCUT2D eigenvalue weighted by atomic mass is 9.95. The van der Waals surface area contributed by atoms with Gasteiger partial charge in [0.15, 0.2) is 6.10 Å². The van der Waals surface area contributed by atoms with E-state index in [2.05, 4.69) is 10.3 Å². The van der Waals surface area contributed by atoms with E-state index in [1.165, 1.54) is 0 Å². The zero-order chi connectivity index (χ0) is 16.6. The highest BCUT2D eigenvalue weighted by atomic mass is 32.1. The van der Waals surface area contributed by atoms with Gasteiger partial charge in [-0.25, -0.2) is 9.78 Å². The fourth-order valence-corrected chi connectivity index (χ4v) is 4.48. The molecule has 1 aromatic heterocycles. The molecule has 1 unspecified atom stereocenters. The van der Waals surface area contributed by atoms with E-state index in [1.807, 2.05) is 17.5 Å². The average Bonchev–Trinajstić information content (AvgIpc) is 3.27.